The van der Waals surface area contributed by atoms with Crippen LogP contribution in [0.25, 0.3) is 0 Å². The number of hydrogen-bond acceptors (Lipinski definition) is 5. The molecule has 0 amide bonds. The fourth-order valence-electron chi connectivity index (χ4n) is 4.22. The van der Waals surface area contributed by atoms with Crippen molar-refractivity contribution in [3.63, 3.8) is 0 Å². The summed E-state index contributed by atoms with van der Waals surface area (Å²) in [6, 6.07) is 10.2. The fraction of sp³-hybridized carbons (Fsp3) is 0.667. The molecule has 0 aliphatic carbocycles. The molecule has 23 heavy (non-hydrogen) atoms. The van der Waals surface area contributed by atoms with Crippen LogP contribution in [0.5, 0.6) is 0 Å². The molecule has 5 heteroatoms. The summed E-state index contributed by atoms with van der Waals surface area (Å²) in [5, 5.41) is 10.5. The zero-order valence-corrected chi connectivity index (χ0v) is 13.4. The number of piperidine rings is 1. The lowest BCUT2D eigenvalue weighted by Gasteiger charge is -2.45. The lowest BCUT2D eigenvalue weighted by molar-refractivity contribution is -0.181. The first-order valence-electron chi connectivity index (χ1n) is 8.71. The standard InChI is InChI=1S/C18H26N2O3/c19-15-14-11-22-18(23-14)16(17(15)21)20-8-6-13(7-9-20)10-12-4-2-1-3-5-12/h1-5,13-18,21H,6-11,19H2. The van der Waals surface area contributed by atoms with E-state index in [2.05, 4.69) is 35.2 Å². The third-order valence-corrected chi connectivity index (χ3v) is 5.62. The molecule has 4 rings (SSSR count). The molecule has 5 nitrogen and oxygen atoms in total. The summed E-state index contributed by atoms with van der Waals surface area (Å²) < 4.78 is 11.5. The Kier molecular flexibility index (Phi) is 4.39. The van der Waals surface area contributed by atoms with E-state index < -0.39 is 6.10 Å². The van der Waals surface area contributed by atoms with Gasteiger partial charge in [0.25, 0.3) is 0 Å². The fourth-order valence-corrected chi connectivity index (χ4v) is 4.22. The second kappa shape index (κ2) is 6.49. The lowest BCUT2D eigenvalue weighted by atomic mass is 9.88. The van der Waals surface area contributed by atoms with E-state index in [1.54, 1.807) is 0 Å². The van der Waals surface area contributed by atoms with Crippen LogP contribution in [-0.2, 0) is 15.9 Å². The molecular weight excluding hydrogens is 292 g/mol. The van der Waals surface area contributed by atoms with Crippen molar-refractivity contribution in [2.75, 3.05) is 19.7 Å². The van der Waals surface area contributed by atoms with Crippen molar-refractivity contribution in [1.82, 2.24) is 4.90 Å². The normalized spacial score (nSPS) is 38.8. The molecule has 3 saturated heterocycles. The highest BCUT2D eigenvalue weighted by atomic mass is 16.7. The first-order valence-corrected chi connectivity index (χ1v) is 8.71. The molecule has 3 heterocycles. The average molecular weight is 318 g/mol. The van der Waals surface area contributed by atoms with Crippen molar-refractivity contribution in [2.24, 2.45) is 11.7 Å². The highest BCUT2D eigenvalue weighted by Gasteiger charge is 2.51. The van der Waals surface area contributed by atoms with E-state index >= 15 is 0 Å². The largest absolute Gasteiger partial charge is 0.390 e. The quantitative estimate of drug-likeness (QED) is 0.861. The third kappa shape index (κ3) is 3.04. The highest BCUT2D eigenvalue weighted by molar-refractivity contribution is 5.15. The highest BCUT2D eigenvalue weighted by Crippen LogP contribution is 2.33. The van der Waals surface area contributed by atoms with E-state index in [1.165, 1.54) is 5.56 Å². The van der Waals surface area contributed by atoms with Gasteiger partial charge in [0, 0.05) is 0 Å². The van der Waals surface area contributed by atoms with Gasteiger partial charge in [-0.1, -0.05) is 30.3 Å². The number of hydrogen-bond donors (Lipinski definition) is 2. The lowest BCUT2D eigenvalue weighted by Crippen LogP contribution is -2.64. The predicted molar refractivity (Wildman–Crippen MR) is 86.8 cm³/mol. The molecule has 0 aromatic heterocycles. The molecule has 1 aromatic carbocycles. The Morgan fingerprint density at radius 1 is 1.17 bits per heavy atom. The van der Waals surface area contributed by atoms with Gasteiger partial charge in [-0.15, -0.1) is 0 Å². The van der Waals surface area contributed by atoms with E-state index in [1.807, 2.05) is 0 Å². The van der Waals surface area contributed by atoms with Crippen molar-refractivity contribution >= 4 is 0 Å². The first kappa shape index (κ1) is 15.5. The van der Waals surface area contributed by atoms with E-state index in [0.29, 0.717) is 12.5 Å². The van der Waals surface area contributed by atoms with Gasteiger partial charge in [0.15, 0.2) is 6.29 Å². The van der Waals surface area contributed by atoms with Crippen LogP contribution >= 0.6 is 0 Å². The van der Waals surface area contributed by atoms with Crippen LogP contribution in [0.3, 0.4) is 0 Å². The Labute approximate surface area is 137 Å². The van der Waals surface area contributed by atoms with Gasteiger partial charge in [0.1, 0.15) is 6.10 Å². The predicted octanol–water partition coefficient (Wildman–Crippen LogP) is 0.753. The number of rotatable bonds is 3. The maximum atomic E-state index is 10.5. The van der Waals surface area contributed by atoms with Crippen molar-refractivity contribution in [3.8, 4) is 0 Å². The van der Waals surface area contributed by atoms with Crippen LogP contribution < -0.4 is 5.73 Å². The first-order chi connectivity index (χ1) is 11.2. The van der Waals surface area contributed by atoms with Crippen molar-refractivity contribution in [2.45, 2.75) is 49.8 Å². The maximum Gasteiger partial charge on any atom is 0.176 e. The molecule has 0 spiro atoms. The molecule has 3 fully saturated rings. The smallest absolute Gasteiger partial charge is 0.176 e. The zero-order valence-electron chi connectivity index (χ0n) is 13.4. The summed E-state index contributed by atoms with van der Waals surface area (Å²) in [4.78, 5) is 2.32. The van der Waals surface area contributed by atoms with Gasteiger partial charge in [-0.25, -0.2) is 0 Å². The van der Waals surface area contributed by atoms with Gasteiger partial charge in [-0.2, -0.15) is 0 Å². The van der Waals surface area contributed by atoms with E-state index in [9.17, 15) is 5.11 Å². The maximum absolute atomic E-state index is 10.5. The molecule has 1 aromatic rings. The topological polar surface area (TPSA) is 68.0 Å². The number of aliphatic hydroxyl groups is 1. The third-order valence-electron chi connectivity index (χ3n) is 5.62. The SMILES string of the molecule is NC1C2COC(O2)C(N2CCC(Cc3ccccc3)CC2)C1O. The Balaban J connectivity index is 1.36. The summed E-state index contributed by atoms with van der Waals surface area (Å²) in [6.07, 6.45) is 2.39. The van der Waals surface area contributed by atoms with Gasteiger partial charge in [-0.05, 0) is 43.8 Å². The summed E-state index contributed by atoms with van der Waals surface area (Å²) >= 11 is 0. The molecule has 0 saturated carbocycles. The van der Waals surface area contributed by atoms with Crippen LogP contribution in [0.4, 0.5) is 0 Å². The van der Waals surface area contributed by atoms with Gasteiger partial charge in [-0.3, -0.25) is 4.90 Å². The number of ether oxygens (including phenoxy) is 2. The molecule has 0 radical (unpaired) electrons. The molecule has 5 unspecified atom stereocenters. The van der Waals surface area contributed by atoms with Gasteiger partial charge in [0.05, 0.1) is 24.8 Å². The molecule has 3 aliphatic rings. The summed E-state index contributed by atoms with van der Waals surface area (Å²) in [5.74, 6) is 0.709. The van der Waals surface area contributed by atoms with Crippen LogP contribution in [-0.4, -0.2) is 60.3 Å². The number of aliphatic hydroxyl groups excluding tert-OH is 1. The van der Waals surface area contributed by atoms with Gasteiger partial charge >= 0.3 is 0 Å². The molecular formula is C18H26N2O3. The van der Waals surface area contributed by atoms with E-state index in [-0.39, 0.29) is 24.5 Å². The Hall–Kier alpha value is -0.980. The van der Waals surface area contributed by atoms with Crippen molar-refractivity contribution in [3.05, 3.63) is 35.9 Å². The number of nitrogens with zero attached hydrogens (tertiary/aromatic N) is 1. The summed E-state index contributed by atoms with van der Waals surface area (Å²) in [5.41, 5.74) is 7.52. The van der Waals surface area contributed by atoms with Gasteiger partial charge in [0.2, 0.25) is 0 Å². The van der Waals surface area contributed by atoms with E-state index in [4.69, 9.17) is 15.2 Å². The van der Waals surface area contributed by atoms with Crippen LogP contribution in [0.2, 0.25) is 0 Å². The van der Waals surface area contributed by atoms with Crippen LogP contribution in [0, 0.1) is 5.92 Å². The molecule has 5 atom stereocenters. The summed E-state index contributed by atoms with van der Waals surface area (Å²) in [7, 11) is 0. The molecule has 126 valence electrons. The minimum atomic E-state index is -0.563. The molecule has 3 N–H and O–H groups in total. The molecule has 2 bridgehead atoms. The number of likely N-dealkylation sites (tertiary alicyclic amines) is 1. The molecule has 3 aliphatic heterocycles. The average Bonchev–Trinajstić information content (AvgIpc) is 3.02. The minimum Gasteiger partial charge on any atom is -0.390 e. The minimum absolute atomic E-state index is 0.124. The monoisotopic (exact) mass is 318 g/mol. The number of benzene rings is 1. The van der Waals surface area contributed by atoms with E-state index in [0.717, 1.165) is 32.4 Å². The second-order valence-corrected chi connectivity index (χ2v) is 7.10. The zero-order chi connectivity index (χ0) is 15.8. The van der Waals surface area contributed by atoms with Crippen LogP contribution in [0.15, 0.2) is 30.3 Å². The van der Waals surface area contributed by atoms with Crippen molar-refractivity contribution < 1.29 is 14.6 Å². The van der Waals surface area contributed by atoms with Crippen molar-refractivity contribution in [1.29, 1.82) is 0 Å². The Morgan fingerprint density at radius 3 is 2.65 bits per heavy atom. The number of nitrogens with two attached hydrogens (primary N) is 1. The number of fused-ring (bicyclic) bond motifs is 2. The summed E-state index contributed by atoms with van der Waals surface area (Å²) in [6.45, 7) is 2.45. The van der Waals surface area contributed by atoms with Crippen LogP contribution in [0.1, 0.15) is 18.4 Å². The Morgan fingerprint density at radius 2 is 1.91 bits per heavy atom. The van der Waals surface area contributed by atoms with Gasteiger partial charge < -0.3 is 20.3 Å². The second-order valence-electron chi connectivity index (χ2n) is 7.10. The Bertz CT molecular complexity index is 518.